The molecule has 18 heavy (non-hydrogen) atoms. The molecule has 1 heterocycles. The molecule has 0 amide bonds. The van der Waals surface area contributed by atoms with Gasteiger partial charge in [0.1, 0.15) is 0 Å². The van der Waals surface area contributed by atoms with Crippen LogP contribution in [0.15, 0.2) is 12.3 Å². The van der Waals surface area contributed by atoms with Crippen LogP contribution in [0.25, 0.3) is 0 Å². The second-order valence-corrected chi connectivity index (χ2v) is 6.52. The van der Waals surface area contributed by atoms with E-state index in [0.29, 0.717) is 26.7 Å². The van der Waals surface area contributed by atoms with Crippen molar-refractivity contribution < 1.29 is 0 Å². The molecule has 0 saturated carbocycles. The third-order valence-corrected chi connectivity index (χ3v) is 4.95. The number of aromatic nitrogens is 1. The van der Waals surface area contributed by atoms with Crippen molar-refractivity contribution in [3.05, 3.63) is 41.7 Å². The minimum atomic E-state index is 0.232. The van der Waals surface area contributed by atoms with Gasteiger partial charge in [0.05, 0.1) is 32.3 Å². The van der Waals surface area contributed by atoms with E-state index in [0.717, 1.165) is 4.88 Å². The average Bonchev–Trinajstić information content (AvgIpc) is 2.75. The lowest BCUT2D eigenvalue weighted by atomic mass is 10.3. The first-order chi connectivity index (χ1) is 8.49. The van der Waals surface area contributed by atoms with E-state index in [4.69, 9.17) is 58.0 Å². The van der Waals surface area contributed by atoms with Crippen LogP contribution in [0.3, 0.4) is 0 Å². The molecule has 2 aromatic rings. The molecule has 0 aliphatic carbocycles. The summed E-state index contributed by atoms with van der Waals surface area (Å²) in [5, 5.41) is 4.26. The molecular formula is C10H5Cl5N2S. The van der Waals surface area contributed by atoms with E-state index in [9.17, 15) is 0 Å². The van der Waals surface area contributed by atoms with Gasteiger partial charge in [-0.05, 0) is 6.07 Å². The first-order valence-corrected chi connectivity index (χ1v) is 7.36. The highest BCUT2D eigenvalue weighted by Gasteiger charge is 2.13. The van der Waals surface area contributed by atoms with E-state index in [1.807, 2.05) is 0 Å². The number of halogens is 5. The molecule has 1 aromatic heterocycles. The van der Waals surface area contributed by atoms with Crippen molar-refractivity contribution in [2.45, 2.75) is 6.54 Å². The number of nitrogens with one attached hydrogen (secondary N) is 1. The van der Waals surface area contributed by atoms with Gasteiger partial charge in [0.25, 0.3) is 0 Å². The molecule has 2 rings (SSSR count). The van der Waals surface area contributed by atoms with Crippen LogP contribution in [0, 0.1) is 0 Å². The Morgan fingerprint density at radius 3 is 2.39 bits per heavy atom. The molecule has 0 atom stereocenters. The van der Waals surface area contributed by atoms with Gasteiger partial charge in [-0.15, -0.1) is 11.3 Å². The predicted octanol–water partition coefficient (Wildman–Crippen LogP) is 6.02. The maximum Gasteiger partial charge on any atom is 0.183 e. The fourth-order valence-electron chi connectivity index (χ4n) is 1.25. The van der Waals surface area contributed by atoms with Crippen molar-refractivity contribution in [2.75, 3.05) is 5.32 Å². The van der Waals surface area contributed by atoms with Gasteiger partial charge in [-0.3, -0.25) is 0 Å². The molecule has 1 aromatic carbocycles. The third kappa shape index (κ3) is 3.16. The van der Waals surface area contributed by atoms with Crippen LogP contribution in [0.5, 0.6) is 0 Å². The Balaban J connectivity index is 2.19. The Kier molecular flexibility index (Phi) is 4.86. The summed E-state index contributed by atoms with van der Waals surface area (Å²) in [7, 11) is 0. The second kappa shape index (κ2) is 6.04. The van der Waals surface area contributed by atoms with E-state index in [2.05, 4.69) is 10.3 Å². The molecule has 0 aliphatic rings. The molecule has 96 valence electrons. The van der Waals surface area contributed by atoms with Gasteiger partial charge in [-0.1, -0.05) is 58.0 Å². The first-order valence-electron chi connectivity index (χ1n) is 4.66. The summed E-state index contributed by atoms with van der Waals surface area (Å²) in [4.78, 5) is 4.91. The molecule has 0 bridgehead atoms. The number of benzene rings is 1. The number of rotatable bonds is 3. The summed E-state index contributed by atoms with van der Waals surface area (Å²) < 4.78 is 0.491. The normalized spacial score (nSPS) is 10.7. The topological polar surface area (TPSA) is 24.9 Å². The molecule has 0 fully saturated rings. The van der Waals surface area contributed by atoms with Crippen molar-refractivity contribution in [3.63, 3.8) is 0 Å². The Morgan fingerprint density at radius 1 is 1.06 bits per heavy atom. The van der Waals surface area contributed by atoms with E-state index in [1.165, 1.54) is 11.3 Å². The molecule has 0 unspecified atom stereocenters. The van der Waals surface area contributed by atoms with Gasteiger partial charge in [-0.2, -0.15) is 0 Å². The number of thiazole rings is 1. The average molecular weight is 362 g/mol. The molecule has 0 saturated heterocycles. The molecule has 2 nitrogen and oxygen atoms in total. The van der Waals surface area contributed by atoms with Crippen LogP contribution in [0.4, 0.5) is 5.69 Å². The van der Waals surface area contributed by atoms with Crippen molar-refractivity contribution in [1.29, 1.82) is 0 Å². The van der Waals surface area contributed by atoms with Gasteiger partial charge in [0.15, 0.2) is 4.47 Å². The second-order valence-electron chi connectivity index (χ2n) is 3.28. The number of anilines is 1. The number of hydrogen-bond acceptors (Lipinski definition) is 3. The summed E-state index contributed by atoms with van der Waals surface area (Å²) in [6, 6.07) is 1.63. The monoisotopic (exact) mass is 360 g/mol. The summed E-state index contributed by atoms with van der Waals surface area (Å²) in [6.45, 7) is 0.526. The van der Waals surface area contributed by atoms with Gasteiger partial charge >= 0.3 is 0 Å². The van der Waals surface area contributed by atoms with E-state index >= 15 is 0 Å². The van der Waals surface area contributed by atoms with Crippen LogP contribution >= 0.6 is 69.3 Å². The van der Waals surface area contributed by atoms with Crippen molar-refractivity contribution in [1.82, 2.24) is 4.98 Å². The van der Waals surface area contributed by atoms with Gasteiger partial charge in [0.2, 0.25) is 0 Å². The molecule has 1 N–H and O–H groups in total. The lowest BCUT2D eigenvalue weighted by Crippen LogP contribution is -1.98. The Bertz CT molecular complexity index is 584. The van der Waals surface area contributed by atoms with Crippen LogP contribution in [0.1, 0.15) is 4.88 Å². The minimum absolute atomic E-state index is 0.232. The van der Waals surface area contributed by atoms with Crippen LogP contribution in [-0.2, 0) is 6.54 Å². The summed E-state index contributed by atoms with van der Waals surface area (Å²) in [5.74, 6) is 0. The lowest BCUT2D eigenvalue weighted by molar-refractivity contribution is 1.17. The molecule has 0 spiro atoms. The SMILES string of the molecule is Clc1ncc(CNc2cc(Cl)c(Cl)c(Cl)c2Cl)s1. The van der Waals surface area contributed by atoms with Crippen molar-refractivity contribution in [3.8, 4) is 0 Å². The van der Waals surface area contributed by atoms with Crippen LogP contribution in [0.2, 0.25) is 24.6 Å². The van der Waals surface area contributed by atoms with Crippen molar-refractivity contribution >= 4 is 75.0 Å². The zero-order valence-corrected chi connectivity index (χ0v) is 13.2. The van der Waals surface area contributed by atoms with Gasteiger partial charge < -0.3 is 5.32 Å². The quantitative estimate of drug-likeness (QED) is 0.533. The largest absolute Gasteiger partial charge is 0.379 e. The summed E-state index contributed by atoms with van der Waals surface area (Å²) >= 11 is 30.9. The molecule has 8 heteroatoms. The number of nitrogens with zero attached hydrogens (tertiary/aromatic N) is 1. The third-order valence-electron chi connectivity index (χ3n) is 2.08. The highest BCUT2D eigenvalue weighted by atomic mass is 35.5. The van der Waals surface area contributed by atoms with Crippen molar-refractivity contribution in [2.24, 2.45) is 0 Å². The van der Waals surface area contributed by atoms with Crippen LogP contribution < -0.4 is 5.32 Å². The van der Waals surface area contributed by atoms with E-state index in [1.54, 1.807) is 12.3 Å². The first kappa shape index (κ1) is 14.5. The molecule has 0 aliphatic heterocycles. The maximum absolute atomic E-state index is 6.07. The van der Waals surface area contributed by atoms with Crippen LogP contribution in [-0.4, -0.2) is 4.98 Å². The Hall–Kier alpha value is 0.1000. The summed E-state index contributed by atoms with van der Waals surface area (Å²) in [6.07, 6.45) is 1.69. The predicted molar refractivity (Wildman–Crippen MR) is 80.9 cm³/mol. The molecule has 0 radical (unpaired) electrons. The number of hydrogen-bond donors (Lipinski definition) is 1. The van der Waals surface area contributed by atoms with Gasteiger partial charge in [0, 0.05) is 11.1 Å². The Labute approximate surface area is 133 Å². The highest BCUT2D eigenvalue weighted by molar-refractivity contribution is 7.15. The smallest absolute Gasteiger partial charge is 0.183 e. The zero-order chi connectivity index (χ0) is 13.3. The van der Waals surface area contributed by atoms with E-state index < -0.39 is 0 Å². The standard InChI is InChI=1S/C10H5Cl5N2S/c11-5-1-6(8(13)9(14)7(5)12)16-2-4-3-17-10(15)18-4/h1,3,16H,2H2. The zero-order valence-electron chi connectivity index (χ0n) is 8.61. The summed E-state index contributed by atoms with van der Waals surface area (Å²) in [5.41, 5.74) is 0.612. The Morgan fingerprint density at radius 2 is 1.78 bits per heavy atom. The minimum Gasteiger partial charge on any atom is -0.379 e. The fourth-order valence-corrected chi connectivity index (χ4v) is 3.04. The molecular weight excluding hydrogens is 357 g/mol. The lowest BCUT2D eigenvalue weighted by Gasteiger charge is -2.10. The highest BCUT2D eigenvalue weighted by Crippen LogP contribution is 2.40. The maximum atomic E-state index is 6.07. The van der Waals surface area contributed by atoms with E-state index in [-0.39, 0.29) is 10.0 Å². The fraction of sp³-hybridized carbons (Fsp3) is 0.100. The van der Waals surface area contributed by atoms with Gasteiger partial charge in [-0.25, -0.2) is 4.98 Å².